The van der Waals surface area contributed by atoms with Crippen molar-refractivity contribution >= 4 is 17.5 Å². The summed E-state index contributed by atoms with van der Waals surface area (Å²) in [5.74, 6) is 1.18. The van der Waals surface area contributed by atoms with Gasteiger partial charge in [-0.15, -0.1) is 5.10 Å². The van der Waals surface area contributed by atoms with Crippen LogP contribution < -0.4 is 0 Å². The minimum Gasteiger partial charge on any atom is -0.459 e. The van der Waals surface area contributed by atoms with Crippen molar-refractivity contribution in [1.29, 1.82) is 0 Å². The quantitative estimate of drug-likeness (QED) is 0.580. The normalized spacial score (nSPS) is 19.2. The first-order valence-corrected chi connectivity index (χ1v) is 11.7. The number of tetrazole rings is 1. The molecule has 32 heavy (non-hydrogen) atoms. The fraction of sp³-hybridized carbons (Fsp3) is 0.478. The lowest BCUT2D eigenvalue weighted by molar-refractivity contribution is 0.0557. The van der Waals surface area contributed by atoms with Gasteiger partial charge in [-0.25, -0.2) is 4.68 Å². The molecule has 1 aliphatic carbocycles. The molecule has 0 spiro atoms. The Hall–Kier alpha value is -2.71. The zero-order valence-electron chi connectivity index (χ0n) is 17.9. The highest BCUT2D eigenvalue weighted by molar-refractivity contribution is 6.30. The van der Waals surface area contributed by atoms with Crippen LogP contribution in [0.2, 0.25) is 5.02 Å². The second-order valence-electron chi connectivity index (χ2n) is 8.53. The average Bonchev–Trinajstić information content (AvgIpc) is 3.54. The Morgan fingerprint density at radius 2 is 1.78 bits per heavy atom. The molecule has 1 aromatic carbocycles. The summed E-state index contributed by atoms with van der Waals surface area (Å²) in [6.45, 7) is 2.68. The van der Waals surface area contributed by atoms with Crippen LogP contribution in [0.3, 0.4) is 0 Å². The predicted octanol–water partition coefficient (Wildman–Crippen LogP) is 3.97. The first kappa shape index (κ1) is 21.2. The number of carbonyl (C=O) groups is 1. The Labute approximate surface area is 192 Å². The van der Waals surface area contributed by atoms with Crippen LogP contribution in [0.15, 0.2) is 47.1 Å². The fourth-order valence-electron chi connectivity index (χ4n) is 4.87. The summed E-state index contributed by atoms with van der Waals surface area (Å²) >= 11 is 6.17. The van der Waals surface area contributed by atoms with Gasteiger partial charge in [0.1, 0.15) is 0 Å². The van der Waals surface area contributed by atoms with E-state index in [1.807, 2.05) is 33.8 Å². The van der Waals surface area contributed by atoms with Crippen LogP contribution >= 0.6 is 11.6 Å². The first-order valence-electron chi connectivity index (χ1n) is 11.3. The molecule has 2 aromatic heterocycles. The Kier molecular flexibility index (Phi) is 6.23. The van der Waals surface area contributed by atoms with E-state index < -0.39 is 0 Å². The summed E-state index contributed by atoms with van der Waals surface area (Å²) in [6.07, 6.45) is 7.45. The van der Waals surface area contributed by atoms with Crippen molar-refractivity contribution in [1.82, 2.24) is 30.0 Å². The second kappa shape index (κ2) is 9.42. The number of rotatable bonds is 5. The monoisotopic (exact) mass is 454 g/mol. The second-order valence-corrected chi connectivity index (χ2v) is 8.97. The molecule has 0 radical (unpaired) electrons. The van der Waals surface area contributed by atoms with E-state index >= 15 is 0 Å². The number of amides is 1. The number of nitrogens with zero attached hydrogens (tertiary/aromatic N) is 6. The topological polar surface area (TPSA) is 80.3 Å². The lowest BCUT2D eigenvalue weighted by atomic mass is 9.95. The maximum Gasteiger partial charge on any atom is 0.289 e. The molecule has 3 aromatic rings. The van der Waals surface area contributed by atoms with E-state index in [2.05, 4.69) is 20.4 Å². The van der Waals surface area contributed by atoms with Gasteiger partial charge in [0.05, 0.1) is 18.3 Å². The van der Waals surface area contributed by atoms with E-state index in [9.17, 15) is 4.79 Å². The van der Waals surface area contributed by atoms with Gasteiger partial charge in [-0.3, -0.25) is 9.69 Å². The van der Waals surface area contributed by atoms with Crippen molar-refractivity contribution < 1.29 is 9.21 Å². The summed E-state index contributed by atoms with van der Waals surface area (Å²) in [4.78, 5) is 16.9. The molecule has 2 aliphatic rings. The first-order chi connectivity index (χ1) is 15.7. The molecule has 2 fully saturated rings. The summed E-state index contributed by atoms with van der Waals surface area (Å²) < 4.78 is 7.34. The number of halogens is 1. The molecule has 5 rings (SSSR count). The van der Waals surface area contributed by atoms with Crippen LogP contribution in [0, 0.1) is 0 Å². The number of furan rings is 1. The zero-order chi connectivity index (χ0) is 21.9. The van der Waals surface area contributed by atoms with Crippen LogP contribution in [0.5, 0.6) is 0 Å². The minimum atomic E-state index is -0.0925. The third-order valence-electron chi connectivity index (χ3n) is 6.57. The van der Waals surface area contributed by atoms with Crippen LogP contribution in [0.25, 0.3) is 0 Å². The highest BCUT2D eigenvalue weighted by atomic mass is 35.5. The van der Waals surface area contributed by atoms with Gasteiger partial charge in [0.2, 0.25) is 0 Å². The number of piperazine rings is 1. The highest BCUT2D eigenvalue weighted by Crippen LogP contribution is 2.34. The lowest BCUT2D eigenvalue weighted by Gasteiger charge is -2.39. The molecule has 1 aliphatic heterocycles. The molecule has 9 heteroatoms. The molecule has 1 atom stereocenters. The molecular formula is C23H27ClN6O2. The Balaban J connectivity index is 1.40. The molecular weight excluding hydrogens is 428 g/mol. The Bertz CT molecular complexity index is 1020. The van der Waals surface area contributed by atoms with Crippen LogP contribution in [0.1, 0.15) is 66.1 Å². The number of aromatic nitrogens is 4. The van der Waals surface area contributed by atoms with Crippen LogP contribution in [-0.4, -0.2) is 62.1 Å². The number of carbonyl (C=O) groups excluding carboxylic acids is 1. The van der Waals surface area contributed by atoms with Crippen LogP contribution in [-0.2, 0) is 0 Å². The van der Waals surface area contributed by atoms with Crippen molar-refractivity contribution in [3.8, 4) is 0 Å². The lowest BCUT2D eigenvalue weighted by Crippen LogP contribution is -2.50. The maximum atomic E-state index is 12.7. The van der Waals surface area contributed by atoms with Gasteiger partial charge in [-0.1, -0.05) is 43.0 Å². The summed E-state index contributed by atoms with van der Waals surface area (Å²) in [5, 5.41) is 13.7. The molecule has 1 saturated carbocycles. The number of hydrogen-bond acceptors (Lipinski definition) is 6. The van der Waals surface area contributed by atoms with Crippen LogP contribution in [0.4, 0.5) is 0 Å². The van der Waals surface area contributed by atoms with E-state index in [0.29, 0.717) is 29.9 Å². The van der Waals surface area contributed by atoms with Crippen molar-refractivity contribution in [2.45, 2.75) is 44.2 Å². The highest BCUT2D eigenvalue weighted by Gasteiger charge is 2.34. The van der Waals surface area contributed by atoms with Gasteiger partial charge in [0, 0.05) is 31.2 Å². The third kappa shape index (κ3) is 4.29. The molecule has 8 nitrogen and oxygen atoms in total. The van der Waals surface area contributed by atoms with Gasteiger partial charge >= 0.3 is 0 Å². The molecule has 168 valence electrons. The van der Waals surface area contributed by atoms with Crippen molar-refractivity contribution in [2.75, 3.05) is 26.2 Å². The van der Waals surface area contributed by atoms with E-state index in [0.717, 1.165) is 37.3 Å². The third-order valence-corrected chi connectivity index (χ3v) is 6.82. The van der Waals surface area contributed by atoms with Crippen molar-refractivity contribution in [2.24, 2.45) is 0 Å². The molecule has 1 amide bonds. The SMILES string of the molecule is O=C(c1ccco1)N1CCN([C@@H](c2ccc(Cl)cc2)c2nnnn2C2CCCCC2)CC1. The van der Waals surface area contributed by atoms with E-state index in [1.165, 1.54) is 25.5 Å². The fourth-order valence-corrected chi connectivity index (χ4v) is 5.00. The predicted molar refractivity (Wildman–Crippen MR) is 119 cm³/mol. The molecule has 0 unspecified atom stereocenters. The Morgan fingerprint density at radius 1 is 1.03 bits per heavy atom. The summed E-state index contributed by atoms with van der Waals surface area (Å²) in [5.41, 5.74) is 1.10. The molecule has 3 heterocycles. The largest absolute Gasteiger partial charge is 0.459 e. The molecule has 0 bridgehead atoms. The minimum absolute atomic E-state index is 0.0651. The number of hydrogen-bond donors (Lipinski definition) is 0. The summed E-state index contributed by atoms with van der Waals surface area (Å²) in [6, 6.07) is 11.6. The van der Waals surface area contributed by atoms with Gasteiger partial charge in [-0.05, 0) is 53.1 Å². The van der Waals surface area contributed by atoms with Crippen molar-refractivity contribution in [3.63, 3.8) is 0 Å². The summed E-state index contributed by atoms with van der Waals surface area (Å²) in [7, 11) is 0. The number of benzene rings is 1. The van der Waals surface area contributed by atoms with Gasteiger partial charge in [0.15, 0.2) is 11.6 Å². The maximum absolute atomic E-state index is 12.7. The van der Waals surface area contributed by atoms with Gasteiger partial charge in [-0.2, -0.15) is 0 Å². The molecule has 1 saturated heterocycles. The van der Waals surface area contributed by atoms with E-state index in [4.69, 9.17) is 16.0 Å². The zero-order valence-corrected chi connectivity index (χ0v) is 18.7. The van der Waals surface area contributed by atoms with Crippen molar-refractivity contribution in [3.05, 3.63) is 64.8 Å². The van der Waals surface area contributed by atoms with E-state index in [1.54, 1.807) is 12.1 Å². The van der Waals surface area contributed by atoms with Gasteiger partial charge in [0.25, 0.3) is 5.91 Å². The molecule has 0 N–H and O–H groups in total. The Morgan fingerprint density at radius 3 is 2.47 bits per heavy atom. The van der Waals surface area contributed by atoms with E-state index in [-0.39, 0.29) is 11.9 Å². The average molecular weight is 455 g/mol. The smallest absolute Gasteiger partial charge is 0.289 e. The van der Waals surface area contributed by atoms with Gasteiger partial charge < -0.3 is 9.32 Å². The standard InChI is InChI=1S/C23H27ClN6O2/c24-18-10-8-17(9-11-18)21(22-25-26-27-30(22)19-5-2-1-3-6-19)28-12-14-29(15-13-28)23(31)20-7-4-16-32-20/h4,7-11,16,19,21H,1-3,5-6,12-15H2/t21-/m0/s1.